The largest absolute Gasteiger partial charge is 0.497 e. The highest BCUT2D eigenvalue weighted by atomic mass is 35.5. The second-order valence-corrected chi connectivity index (χ2v) is 3.23. The molecule has 1 atom stereocenters. The Morgan fingerprint density at radius 2 is 1.69 bits per heavy atom. The number of alkyl halides is 1. The maximum Gasteiger partial charge on any atom is 0.122 e. The molecule has 1 aromatic carbocycles. The van der Waals surface area contributed by atoms with E-state index in [1.807, 2.05) is 0 Å². The summed E-state index contributed by atoms with van der Waals surface area (Å²) in [7, 11) is 3.14. The van der Waals surface area contributed by atoms with E-state index < -0.39 is 6.67 Å². The average molecular weight is 250 g/mol. The lowest BCUT2D eigenvalue weighted by molar-refractivity contribution is 0.390. The van der Waals surface area contributed by atoms with E-state index in [2.05, 4.69) is 0 Å². The van der Waals surface area contributed by atoms with Gasteiger partial charge in [0.25, 0.3) is 0 Å². The average Bonchev–Trinajstić information content (AvgIpc) is 2.28. The van der Waals surface area contributed by atoms with E-state index in [0.717, 1.165) is 5.56 Å². The molecule has 0 bridgehead atoms. The van der Waals surface area contributed by atoms with Gasteiger partial charge in [-0.2, -0.15) is 0 Å². The molecule has 0 aliphatic heterocycles. The standard InChI is InChI=1S/C11H16FNO2.ClH/c1-14-9-5-8(11(13)3-4-12)6-10(7-9)15-2;/h5-7,11H,3-4,13H2,1-2H3;1H/t11-;/m1./s1. The van der Waals surface area contributed by atoms with E-state index in [4.69, 9.17) is 15.2 Å². The number of hydrogen-bond donors (Lipinski definition) is 1. The van der Waals surface area contributed by atoms with E-state index in [1.165, 1.54) is 0 Å². The van der Waals surface area contributed by atoms with Crippen LogP contribution in [0.4, 0.5) is 4.39 Å². The first kappa shape index (κ1) is 15.0. The van der Waals surface area contributed by atoms with Gasteiger partial charge < -0.3 is 15.2 Å². The predicted octanol–water partition coefficient (Wildman–Crippen LogP) is 2.49. The summed E-state index contributed by atoms with van der Waals surface area (Å²) in [6.07, 6.45) is 0.302. The molecule has 0 saturated carbocycles. The summed E-state index contributed by atoms with van der Waals surface area (Å²) in [6, 6.07) is 5.02. The van der Waals surface area contributed by atoms with Gasteiger partial charge in [-0.25, -0.2) is 0 Å². The van der Waals surface area contributed by atoms with Gasteiger partial charge >= 0.3 is 0 Å². The Morgan fingerprint density at radius 3 is 2.06 bits per heavy atom. The quantitative estimate of drug-likeness (QED) is 0.872. The van der Waals surface area contributed by atoms with Gasteiger partial charge in [0.2, 0.25) is 0 Å². The SMILES string of the molecule is COc1cc(OC)cc([C@H](N)CCF)c1.Cl. The fourth-order valence-electron chi connectivity index (χ4n) is 1.33. The second-order valence-electron chi connectivity index (χ2n) is 3.23. The molecular formula is C11H17ClFNO2. The third kappa shape index (κ3) is 3.87. The summed E-state index contributed by atoms with van der Waals surface area (Å²) in [6.45, 7) is -0.430. The van der Waals surface area contributed by atoms with E-state index >= 15 is 0 Å². The zero-order valence-corrected chi connectivity index (χ0v) is 10.2. The van der Waals surface area contributed by atoms with Gasteiger partial charge in [-0.3, -0.25) is 4.39 Å². The van der Waals surface area contributed by atoms with Gasteiger partial charge in [-0.05, 0) is 24.1 Å². The summed E-state index contributed by atoms with van der Waals surface area (Å²) in [4.78, 5) is 0. The Bertz CT molecular complexity index is 301. The fraction of sp³-hybridized carbons (Fsp3) is 0.455. The number of rotatable bonds is 5. The zero-order chi connectivity index (χ0) is 11.3. The molecule has 3 nitrogen and oxygen atoms in total. The van der Waals surface area contributed by atoms with Crippen LogP contribution in [-0.2, 0) is 0 Å². The summed E-state index contributed by atoms with van der Waals surface area (Å²) in [5, 5.41) is 0. The van der Waals surface area contributed by atoms with Crippen LogP contribution in [0.15, 0.2) is 18.2 Å². The minimum absolute atomic E-state index is 0. The van der Waals surface area contributed by atoms with Crippen LogP contribution < -0.4 is 15.2 Å². The van der Waals surface area contributed by atoms with Crippen LogP contribution in [0, 0.1) is 0 Å². The van der Waals surface area contributed by atoms with Crippen LogP contribution in [0.25, 0.3) is 0 Å². The van der Waals surface area contributed by atoms with Gasteiger partial charge in [0.1, 0.15) is 11.5 Å². The molecule has 0 aromatic heterocycles. The predicted molar refractivity (Wildman–Crippen MR) is 64.3 cm³/mol. The van der Waals surface area contributed by atoms with Crippen LogP contribution in [0.1, 0.15) is 18.0 Å². The van der Waals surface area contributed by atoms with E-state index in [0.29, 0.717) is 17.9 Å². The second kappa shape index (κ2) is 7.30. The molecule has 0 radical (unpaired) electrons. The highest BCUT2D eigenvalue weighted by Gasteiger charge is 2.09. The van der Waals surface area contributed by atoms with Crippen molar-refractivity contribution in [1.82, 2.24) is 0 Å². The third-order valence-corrected chi connectivity index (χ3v) is 2.22. The van der Waals surface area contributed by atoms with Crippen LogP contribution in [0.2, 0.25) is 0 Å². The van der Waals surface area contributed by atoms with Crippen LogP contribution in [-0.4, -0.2) is 20.9 Å². The Hall–Kier alpha value is -1.00. The number of nitrogens with two attached hydrogens (primary N) is 1. The molecule has 0 saturated heterocycles. The Labute approximate surface area is 101 Å². The number of benzene rings is 1. The lowest BCUT2D eigenvalue weighted by atomic mass is 10.0. The van der Waals surface area contributed by atoms with Crippen molar-refractivity contribution in [3.8, 4) is 11.5 Å². The molecule has 1 aromatic rings. The fourth-order valence-corrected chi connectivity index (χ4v) is 1.33. The molecule has 0 amide bonds. The van der Waals surface area contributed by atoms with Crippen molar-refractivity contribution >= 4 is 12.4 Å². The van der Waals surface area contributed by atoms with Crippen molar-refractivity contribution in [2.24, 2.45) is 5.73 Å². The molecule has 92 valence electrons. The monoisotopic (exact) mass is 249 g/mol. The third-order valence-electron chi connectivity index (χ3n) is 2.22. The Morgan fingerprint density at radius 1 is 1.19 bits per heavy atom. The molecule has 1 rings (SSSR count). The van der Waals surface area contributed by atoms with E-state index in [9.17, 15) is 4.39 Å². The van der Waals surface area contributed by atoms with E-state index in [-0.39, 0.29) is 18.4 Å². The number of ether oxygens (including phenoxy) is 2. The summed E-state index contributed by atoms with van der Waals surface area (Å²) in [5.74, 6) is 1.33. The van der Waals surface area contributed by atoms with Crippen LogP contribution in [0.3, 0.4) is 0 Å². The summed E-state index contributed by atoms with van der Waals surface area (Å²) < 4.78 is 22.3. The Balaban J connectivity index is 0.00000225. The minimum atomic E-state index is -0.430. The maximum atomic E-state index is 12.2. The number of methoxy groups -OCH3 is 2. The molecule has 0 aliphatic carbocycles. The van der Waals surface area contributed by atoms with Crippen molar-refractivity contribution in [3.05, 3.63) is 23.8 Å². The molecule has 0 heterocycles. The van der Waals surface area contributed by atoms with Gasteiger partial charge in [-0.15, -0.1) is 12.4 Å². The van der Waals surface area contributed by atoms with Gasteiger partial charge in [0.05, 0.1) is 20.9 Å². The van der Waals surface area contributed by atoms with Crippen molar-refractivity contribution in [3.63, 3.8) is 0 Å². The summed E-state index contributed by atoms with van der Waals surface area (Å²) >= 11 is 0. The molecule has 16 heavy (non-hydrogen) atoms. The highest BCUT2D eigenvalue weighted by molar-refractivity contribution is 5.85. The van der Waals surface area contributed by atoms with E-state index in [1.54, 1.807) is 32.4 Å². The molecule has 0 unspecified atom stereocenters. The van der Waals surface area contributed by atoms with Crippen LogP contribution in [0.5, 0.6) is 11.5 Å². The first-order valence-corrected chi connectivity index (χ1v) is 4.75. The first-order chi connectivity index (χ1) is 7.21. The molecule has 2 N–H and O–H groups in total. The van der Waals surface area contributed by atoms with Crippen molar-refractivity contribution in [2.75, 3.05) is 20.9 Å². The highest BCUT2D eigenvalue weighted by Crippen LogP contribution is 2.26. The maximum absolute atomic E-state index is 12.2. The lowest BCUT2D eigenvalue weighted by Gasteiger charge is -2.13. The smallest absolute Gasteiger partial charge is 0.122 e. The molecule has 0 aliphatic rings. The number of hydrogen-bond acceptors (Lipinski definition) is 3. The minimum Gasteiger partial charge on any atom is -0.497 e. The molecule has 5 heteroatoms. The van der Waals surface area contributed by atoms with Crippen molar-refractivity contribution in [1.29, 1.82) is 0 Å². The Kier molecular flexibility index (Phi) is 6.85. The zero-order valence-electron chi connectivity index (χ0n) is 9.40. The summed E-state index contributed by atoms with van der Waals surface area (Å²) in [5.41, 5.74) is 6.62. The molecule has 0 spiro atoms. The topological polar surface area (TPSA) is 44.5 Å². The number of halogens is 2. The molecular weight excluding hydrogens is 233 g/mol. The first-order valence-electron chi connectivity index (χ1n) is 4.75. The van der Waals surface area contributed by atoms with Crippen molar-refractivity contribution in [2.45, 2.75) is 12.5 Å². The molecule has 0 fully saturated rings. The van der Waals surface area contributed by atoms with Gasteiger partial charge in [0.15, 0.2) is 0 Å². The van der Waals surface area contributed by atoms with Gasteiger partial charge in [-0.1, -0.05) is 0 Å². The lowest BCUT2D eigenvalue weighted by Crippen LogP contribution is -2.11. The van der Waals surface area contributed by atoms with Gasteiger partial charge in [0, 0.05) is 12.1 Å². The van der Waals surface area contributed by atoms with Crippen molar-refractivity contribution < 1.29 is 13.9 Å². The normalized spacial score (nSPS) is 11.5. The van der Waals surface area contributed by atoms with Crippen LogP contribution >= 0.6 is 12.4 Å².